The van der Waals surface area contributed by atoms with Gasteiger partial charge in [0.15, 0.2) is 0 Å². The van der Waals surface area contributed by atoms with Gasteiger partial charge in [0.25, 0.3) is 0 Å². The standard InChI is InChI=1S/C15H20ClF3O/c1-14(2,3)13(16)6-4-5-11-7-9-12(10-8-11)20-15(17,18)19/h7-10,13H,4-6H2,1-3H3. The predicted octanol–water partition coefficient (Wildman–Crippen LogP) is 5.56. The summed E-state index contributed by atoms with van der Waals surface area (Å²) >= 11 is 6.28. The van der Waals surface area contributed by atoms with Gasteiger partial charge in [-0.3, -0.25) is 0 Å². The van der Waals surface area contributed by atoms with Crippen LogP contribution in [0.3, 0.4) is 0 Å². The fourth-order valence-corrected chi connectivity index (χ4v) is 1.93. The number of rotatable bonds is 5. The molecule has 1 nitrogen and oxygen atoms in total. The minimum absolute atomic E-state index is 0.0615. The summed E-state index contributed by atoms with van der Waals surface area (Å²) in [6, 6.07) is 5.98. The highest BCUT2D eigenvalue weighted by molar-refractivity contribution is 6.21. The first-order chi connectivity index (χ1) is 9.08. The van der Waals surface area contributed by atoms with E-state index in [1.807, 2.05) is 0 Å². The summed E-state index contributed by atoms with van der Waals surface area (Å²) in [4.78, 5) is 0. The first-order valence-electron chi connectivity index (χ1n) is 6.57. The average Bonchev–Trinajstić information content (AvgIpc) is 2.28. The van der Waals surface area contributed by atoms with E-state index in [1.165, 1.54) is 12.1 Å². The molecule has 20 heavy (non-hydrogen) atoms. The van der Waals surface area contributed by atoms with E-state index in [2.05, 4.69) is 25.5 Å². The van der Waals surface area contributed by atoms with Gasteiger partial charge in [0.2, 0.25) is 0 Å². The zero-order chi connectivity index (χ0) is 15.4. The molecule has 0 radical (unpaired) electrons. The fraction of sp³-hybridized carbons (Fsp3) is 0.600. The maximum atomic E-state index is 12.0. The lowest BCUT2D eigenvalue weighted by atomic mass is 9.88. The number of hydrogen-bond donors (Lipinski definition) is 0. The summed E-state index contributed by atoms with van der Waals surface area (Å²) in [5, 5.41) is 0.0929. The Balaban J connectivity index is 2.43. The summed E-state index contributed by atoms with van der Waals surface area (Å²) in [7, 11) is 0. The van der Waals surface area contributed by atoms with Crippen LogP contribution in [-0.2, 0) is 6.42 Å². The van der Waals surface area contributed by atoms with E-state index in [4.69, 9.17) is 11.6 Å². The SMILES string of the molecule is CC(C)(C)C(Cl)CCCc1ccc(OC(F)(F)F)cc1. The van der Waals surface area contributed by atoms with E-state index in [1.54, 1.807) is 12.1 Å². The monoisotopic (exact) mass is 308 g/mol. The molecular weight excluding hydrogens is 289 g/mol. The van der Waals surface area contributed by atoms with Crippen LogP contribution in [0.2, 0.25) is 0 Å². The molecule has 0 spiro atoms. The normalized spacial score (nSPS) is 14.2. The molecule has 0 bridgehead atoms. The molecule has 0 aromatic heterocycles. The minimum Gasteiger partial charge on any atom is -0.406 e. The van der Waals surface area contributed by atoms with Crippen molar-refractivity contribution >= 4 is 11.6 Å². The zero-order valence-electron chi connectivity index (χ0n) is 11.9. The molecule has 114 valence electrons. The Kier molecular flexibility index (Phi) is 5.75. The average molecular weight is 309 g/mol. The van der Waals surface area contributed by atoms with Crippen LogP contribution >= 0.6 is 11.6 Å². The van der Waals surface area contributed by atoms with Crippen molar-refractivity contribution in [2.75, 3.05) is 0 Å². The first kappa shape index (κ1) is 17.2. The van der Waals surface area contributed by atoms with Crippen LogP contribution in [0.5, 0.6) is 5.75 Å². The topological polar surface area (TPSA) is 9.23 Å². The van der Waals surface area contributed by atoms with E-state index in [-0.39, 0.29) is 16.5 Å². The van der Waals surface area contributed by atoms with Crippen molar-refractivity contribution < 1.29 is 17.9 Å². The third-order valence-corrected chi connectivity index (χ3v) is 3.89. The van der Waals surface area contributed by atoms with Gasteiger partial charge in [-0.25, -0.2) is 0 Å². The molecule has 1 aromatic carbocycles. The molecule has 0 saturated heterocycles. The minimum atomic E-state index is -4.64. The number of alkyl halides is 4. The van der Waals surface area contributed by atoms with Gasteiger partial charge in [-0.1, -0.05) is 32.9 Å². The second-order valence-electron chi connectivity index (χ2n) is 5.92. The smallest absolute Gasteiger partial charge is 0.406 e. The van der Waals surface area contributed by atoms with Crippen molar-refractivity contribution in [3.8, 4) is 5.75 Å². The number of hydrogen-bond acceptors (Lipinski definition) is 1. The summed E-state index contributed by atoms with van der Waals surface area (Å²) in [5.74, 6) is -0.189. The summed E-state index contributed by atoms with van der Waals surface area (Å²) in [5.41, 5.74) is 1.05. The van der Waals surface area contributed by atoms with E-state index in [9.17, 15) is 13.2 Å². The largest absolute Gasteiger partial charge is 0.573 e. The van der Waals surface area contributed by atoms with Gasteiger partial charge in [0.05, 0.1) is 0 Å². The molecule has 0 N–H and O–H groups in total. The van der Waals surface area contributed by atoms with Gasteiger partial charge in [0, 0.05) is 5.38 Å². The molecule has 5 heteroatoms. The zero-order valence-corrected chi connectivity index (χ0v) is 12.7. The number of benzene rings is 1. The molecule has 0 fully saturated rings. The third kappa shape index (κ3) is 6.51. The van der Waals surface area contributed by atoms with Gasteiger partial charge in [-0.15, -0.1) is 24.8 Å². The van der Waals surface area contributed by atoms with Crippen molar-refractivity contribution in [2.45, 2.75) is 51.8 Å². The molecule has 1 unspecified atom stereocenters. The second kappa shape index (κ2) is 6.70. The van der Waals surface area contributed by atoms with E-state index >= 15 is 0 Å². The van der Waals surface area contributed by atoms with Crippen LogP contribution in [0.1, 0.15) is 39.2 Å². The number of halogens is 4. The van der Waals surface area contributed by atoms with Crippen LogP contribution in [0, 0.1) is 5.41 Å². The van der Waals surface area contributed by atoms with Gasteiger partial charge in [0.1, 0.15) is 5.75 Å². The van der Waals surface area contributed by atoms with Crippen molar-refractivity contribution in [1.82, 2.24) is 0 Å². The molecule has 0 saturated carbocycles. The van der Waals surface area contributed by atoms with Gasteiger partial charge >= 0.3 is 6.36 Å². The van der Waals surface area contributed by atoms with Crippen LogP contribution in [-0.4, -0.2) is 11.7 Å². The Morgan fingerprint density at radius 2 is 1.65 bits per heavy atom. The Bertz CT molecular complexity index is 407. The highest BCUT2D eigenvalue weighted by Gasteiger charge is 2.30. The van der Waals surface area contributed by atoms with E-state index in [0.717, 1.165) is 24.8 Å². The van der Waals surface area contributed by atoms with E-state index < -0.39 is 6.36 Å². The molecule has 1 aromatic rings. The van der Waals surface area contributed by atoms with Crippen LogP contribution in [0.4, 0.5) is 13.2 Å². The molecule has 1 atom stereocenters. The molecule has 0 aliphatic carbocycles. The summed E-state index contributed by atoms with van der Waals surface area (Å²) < 4.78 is 39.8. The van der Waals surface area contributed by atoms with Gasteiger partial charge in [-0.05, 0) is 42.4 Å². The highest BCUT2D eigenvalue weighted by atomic mass is 35.5. The molecule has 0 aliphatic heterocycles. The summed E-state index contributed by atoms with van der Waals surface area (Å²) in [6.07, 6.45) is -2.05. The van der Waals surface area contributed by atoms with Gasteiger partial charge in [-0.2, -0.15) is 0 Å². The predicted molar refractivity (Wildman–Crippen MR) is 75.2 cm³/mol. The lowest BCUT2D eigenvalue weighted by molar-refractivity contribution is -0.274. The second-order valence-corrected chi connectivity index (χ2v) is 6.44. The fourth-order valence-electron chi connectivity index (χ4n) is 1.78. The van der Waals surface area contributed by atoms with E-state index in [0.29, 0.717) is 0 Å². The lowest BCUT2D eigenvalue weighted by Gasteiger charge is -2.24. The first-order valence-corrected chi connectivity index (χ1v) is 7.00. The quantitative estimate of drug-likeness (QED) is 0.647. The molecular formula is C15H20ClF3O. The Morgan fingerprint density at radius 1 is 1.10 bits per heavy atom. The van der Waals surface area contributed by atoms with Crippen LogP contribution < -0.4 is 4.74 Å². The Hall–Kier alpha value is -0.900. The Morgan fingerprint density at radius 3 is 2.10 bits per heavy atom. The summed E-state index contributed by atoms with van der Waals surface area (Å²) in [6.45, 7) is 6.27. The lowest BCUT2D eigenvalue weighted by Crippen LogP contribution is -2.20. The van der Waals surface area contributed by atoms with Crippen LogP contribution in [0.15, 0.2) is 24.3 Å². The maximum absolute atomic E-state index is 12.0. The third-order valence-electron chi connectivity index (χ3n) is 3.02. The van der Waals surface area contributed by atoms with Crippen molar-refractivity contribution in [3.63, 3.8) is 0 Å². The maximum Gasteiger partial charge on any atom is 0.573 e. The van der Waals surface area contributed by atoms with Gasteiger partial charge < -0.3 is 4.74 Å². The molecule has 1 rings (SSSR count). The molecule has 0 aliphatic rings. The van der Waals surface area contributed by atoms with Crippen molar-refractivity contribution in [1.29, 1.82) is 0 Å². The molecule has 0 amide bonds. The number of ether oxygens (including phenoxy) is 1. The highest BCUT2D eigenvalue weighted by Crippen LogP contribution is 2.28. The molecule has 0 heterocycles. The van der Waals surface area contributed by atoms with Crippen molar-refractivity contribution in [3.05, 3.63) is 29.8 Å². The number of aryl methyl sites for hydroxylation is 1. The van der Waals surface area contributed by atoms with Crippen LogP contribution in [0.25, 0.3) is 0 Å². The van der Waals surface area contributed by atoms with Crippen molar-refractivity contribution in [2.24, 2.45) is 5.41 Å². The Labute approximate surface area is 123 Å².